The molecule has 0 spiro atoms. The van der Waals surface area contributed by atoms with Crippen LogP contribution in [0.4, 0.5) is 10.5 Å². The van der Waals surface area contributed by atoms with Crippen LogP contribution in [0.2, 0.25) is 0 Å². The molecule has 1 aromatic rings. The van der Waals surface area contributed by atoms with Crippen LogP contribution in [0.5, 0.6) is 0 Å². The summed E-state index contributed by atoms with van der Waals surface area (Å²) < 4.78 is 5.51. The van der Waals surface area contributed by atoms with Crippen molar-refractivity contribution in [1.82, 2.24) is 9.80 Å². The number of rotatable bonds is 3. The molecule has 2 atom stereocenters. The number of piperidine rings is 2. The lowest BCUT2D eigenvalue weighted by Gasteiger charge is -2.43. The molecule has 2 fully saturated rings. The first-order valence-electron chi connectivity index (χ1n) is 9.93. The minimum atomic E-state index is -0.504. The summed E-state index contributed by atoms with van der Waals surface area (Å²) in [7, 11) is 0. The molecule has 27 heavy (non-hydrogen) atoms. The van der Waals surface area contributed by atoms with Crippen LogP contribution in [0, 0.1) is 0 Å². The highest BCUT2D eigenvalue weighted by atomic mass is 16.6. The molecule has 1 N–H and O–H groups in total. The maximum atomic E-state index is 13.1. The topological polar surface area (TPSA) is 61.9 Å². The molecular weight excluding hydrogens is 342 g/mol. The van der Waals surface area contributed by atoms with Crippen LogP contribution in [0.1, 0.15) is 46.5 Å². The minimum absolute atomic E-state index is 0.0686. The maximum Gasteiger partial charge on any atom is 0.410 e. The molecule has 0 saturated carbocycles. The number of benzene rings is 1. The lowest BCUT2D eigenvalue weighted by molar-refractivity contribution is -0.138. The summed E-state index contributed by atoms with van der Waals surface area (Å²) in [5.74, 6) is 0.140. The monoisotopic (exact) mass is 373 g/mol. The Hall–Kier alpha value is -2.24. The van der Waals surface area contributed by atoms with Gasteiger partial charge in [-0.25, -0.2) is 4.79 Å². The van der Waals surface area contributed by atoms with E-state index < -0.39 is 5.60 Å². The molecule has 3 rings (SSSR count). The number of nitrogens with zero attached hydrogens (tertiary/aromatic N) is 2. The molecule has 2 heterocycles. The van der Waals surface area contributed by atoms with Crippen molar-refractivity contribution in [3.8, 4) is 0 Å². The number of amides is 2. The van der Waals surface area contributed by atoms with E-state index in [0.29, 0.717) is 13.1 Å². The van der Waals surface area contributed by atoms with E-state index in [-0.39, 0.29) is 24.1 Å². The molecular formula is C21H31N3O3. The van der Waals surface area contributed by atoms with Gasteiger partial charge in [0.2, 0.25) is 5.91 Å². The van der Waals surface area contributed by atoms with Gasteiger partial charge in [0.05, 0.1) is 0 Å². The average Bonchev–Trinajstić information content (AvgIpc) is 2.63. The van der Waals surface area contributed by atoms with Gasteiger partial charge >= 0.3 is 6.09 Å². The van der Waals surface area contributed by atoms with Gasteiger partial charge < -0.3 is 19.9 Å². The Kier molecular flexibility index (Phi) is 5.92. The van der Waals surface area contributed by atoms with Gasteiger partial charge in [0.25, 0.3) is 0 Å². The molecule has 2 amide bonds. The van der Waals surface area contributed by atoms with Crippen LogP contribution in [-0.4, -0.2) is 59.1 Å². The fourth-order valence-corrected chi connectivity index (χ4v) is 3.83. The SMILES string of the molecule is CC(C)(C)OC(=O)N1CCC[C@@H](N2CCCC(Nc3ccccc3)C2=O)C1. The van der Waals surface area contributed by atoms with Gasteiger partial charge in [-0.15, -0.1) is 0 Å². The molecule has 2 saturated heterocycles. The van der Waals surface area contributed by atoms with Crippen molar-refractivity contribution in [3.63, 3.8) is 0 Å². The standard InChI is InChI=1S/C21H31N3O3/c1-21(2,3)27-20(26)23-13-7-11-17(15-23)24-14-8-12-18(19(24)25)22-16-9-5-4-6-10-16/h4-6,9-10,17-18,22H,7-8,11-15H2,1-3H3/t17-,18?/m1/s1. The molecule has 1 unspecified atom stereocenters. The van der Waals surface area contributed by atoms with Crippen molar-refractivity contribution < 1.29 is 14.3 Å². The molecule has 148 valence electrons. The van der Waals surface area contributed by atoms with Gasteiger partial charge in [0.1, 0.15) is 11.6 Å². The molecule has 2 aliphatic rings. The first-order chi connectivity index (χ1) is 12.8. The number of hydrogen-bond acceptors (Lipinski definition) is 4. The summed E-state index contributed by atoms with van der Waals surface area (Å²) in [5, 5.41) is 3.37. The van der Waals surface area contributed by atoms with Crippen molar-refractivity contribution in [2.24, 2.45) is 0 Å². The van der Waals surface area contributed by atoms with E-state index in [0.717, 1.165) is 37.9 Å². The average molecular weight is 373 g/mol. The van der Waals surface area contributed by atoms with E-state index in [1.54, 1.807) is 4.90 Å². The summed E-state index contributed by atoms with van der Waals surface area (Å²) in [6.07, 6.45) is 3.36. The highest BCUT2D eigenvalue weighted by Gasteiger charge is 2.36. The molecule has 2 aliphatic heterocycles. The Bertz CT molecular complexity index is 656. The van der Waals surface area contributed by atoms with Crippen molar-refractivity contribution in [1.29, 1.82) is 0 Å². The molecule has 6 nitrogen and oxygen atoms in total. The minimum Gasteiger partial charge on any atom is -0.444 e. The largest absolute Gasteiger partial charge is 0.444 e. The van der Waals surface area contributed by atoms with Crippen molar-refractivity contribution in [2.45, 2.75) is 64.1 Å². The van der Waals surface area contributed by atoms with Crippen molar-refractivity contribution in [2.75, 3.05) is 25.0 Å². The molecule has 0 bridgehead atoms. The first kappa shape index (κ1) is 19.5. The third kappa shape index (κ3) is 5.15. The van der Waals surface area contributed by atoms with E-state index in [1.807, 2.05) is 56.0 Å². The number of nitrogens with one attached hydrogen (secondary N) is 1. The number of ether oxygens (including phenoxy) is 1. The van der Waals surface area contributed by atoms with Gasteiger partial charge in [0.15, 0.2) is 0 Å². The summed E-state index contributed by atoms with van der Waals surface area (Å²) in [5.41, 5.74) is 0.465. The summed E-state index contributed by atoms with van der Waals surface area (Å²) >= 11 is 0. The zero-order chi connectivity index (χ0) is 19.4. The van der Waals surface area contributed by atoms with E-state index in [4.69, 9.17) is 4.74 Å². The Morgan fingerprint density at radius 3 is 2.52 bits per heavy atom. The quantitative estimate of drug-likeness (QED) is 0.881. The second-order valence-electron chi connectivity index (χ2n) is 8.46. The Morgan fingerprint density at radius 2 is 1.81 bits per heavy atom. The normalized spacial score (nSPS) is 23.9. The maximum absolute atomic E-state index is 13.1. The van der Waals surface area contributed by atoms with Gasteiger partial charge in [-0.1, -0.05) is 18.2 Å². The van der Waals surface area contributed by atoms with Gasteiger partial charge in [-0.3, -0.25) is 4.79 Å². The number of likely N-dealkylation sites (tertiary alicyclic amines) is 2. The Morgan fingerprint density at radius 1 is 1.11 bits per heavy atom. The number of hydrogen-bond donors (Lipinski definition) is 1. The highest BCUT2D eigenvalue weighted by Crippen LogP contribution is 2.24. The number of carbonyl (C=O) groups is 2. The molecule has 0 aliphatic carbocycles. The summed E-state index contributed by atoms with van der Waals surface area (Å²) in [6, 6.07) is 9.74. The zero-order valence-electron chi connectivity index (χ0n) is 16.6. The van der Waals surface area contributed by atoms with Crippen LogP contribution in [0.3, 0.4) is 0 Å². The smallest absolute Gasteiger partial charge is 0.410 e. The molecule has 0 radical (unpaired) electrons. The van der Waals surface area contributed by atoms with E-state index in [1.165, 1.54) is 0 Å². The molecule has 0 aromatic heterocycles. The van der Waals surface area contributed by atoms with Crippen LogP contribution >= 0.6 is 0 Å². The first-order valence-corrected chi connectivity index (χ1v) is 9.93. The third-order valence-corrected chi connectivity index (χ3v) is 5.08. The summed E-state index contributed by atoms with van der Waals surface area (Å²) in [6.45, 7) is 7.64. The number of para-hydroxylation sites is 1. The van der Waals surface area contributed by atoms with Crippen LogP contribution in [0.25, 0.3) is 0 Å². The predicted molar refractivity (Wildman–Crippen MR) is 106 cm³/mol. The second-order valence-corrected chi connectivity index (χ2v) is 8.46. The second kappa shape index (κ2) is 8.19. The third-order valence-electron chi connectivity index (χ3n) is 5.08. The van der Waals surface area contributed by atoms with Crippen LogP contribution in [-0.2, 0) is 9.53 Å². The highest BCUT2D eigenvalue weighted by molar-refractivity contribution is 5.85. The van der Waals surface area contributed by atoms with E-state index >= 15 is 0 Å². The molecule has 6 heteroatoms. The fourth-order valence-electron chi connectivity index (χ4n) is 3.83. The predicted octanol–water partition coefficient (Wildman–Crippen LogP) is 3.49. The van der Waals surface area contributed by atoms with Gasteiger partial charge in [-0.2, -0.15) is 0 Å². The molecule has 1 aromatic carbocycles. The van der Waals surface area contributed by atoms with Crippen molar-refractivity contribution in [3.05, 3.63) is 30.3 Å². The lowest BCUT2D eigenvalue weighted by Crippen LogP contribution is -2.57. The Labute approximate surface area is 161 Å². The van der Waals surface area contributed by atoms with E-state index in [9.17, 15) is 9.59 Å². The fraction of sp³-hybridized carbons (Fsp3) is 0.619. The lowest BCUT2D eigenvalue weighted by atomic mass is 9.98. The Balaban J connectivity index is 1.62. The van der Waals surface area contributed by atoms with Crippen LogP contribution < -0.4 is 5.32 Å². The van der Waals surface area contributed by atoms with Crippen molar-refractivity contribution >= 4 is 17.7 Å². The van der Waals surface area contributed by atoms with Crippen LogP contribution in [0.15, 0.2) is 30.3 Å². The number of carbonyl (C=O) groups excluding carboxylic acids is 2. The zero-order valence-corrected chi connectivity index (χ0v) is 16.6. The summed E-state index contributed by atoms with van der Waals surface area (Å²) in [4.78, 5) is 29.2. The van der Waals surface area contributed by atoms with Gasteiger partial charge in [0, 0.05) is 31.4 Å². The number of anilines is 1. The van der Waals surface area contributed by atoms with Gasteiger partial charge in [-0.05, 0) is 58.6 Å². The van der Waals surface area contributed by atoms with E-state index in [2.05, 4.69) is 5.32 Å².